The Morgan fingerprint density at radius 2 is 1.70 bits per heavy atom. The van der Waals surface area contributed by atoms with Crippen molar-refractivity contribution < 1.29 is 13.2 Å². The predicted molar refractivity (Wildman–Crippen MR) is 133 cm³/mol. The monoisotopic (exact) mass is 469 g/mol. The summed E-state index contributed by atoms with van der Waals surface area (Å²) in [6.45, 7) is 5.29. The molecule has 6 nitrogen and oxygen atoms in total. The van der Waals surface area contributed by atoms with Gasteiger partial charge in [-0.3, -0.25) is 9.62 Å². The smallest absolute Gasteiger partial charge is 0.229 e. The lowest BCUT2D eigenvalue weighted by Crippen LogP contribution is -2.52. The number of nitrogens with one attached hydrogen (secondary N) is 1. The van der Waals surface area contributed by atoms with Gasteiger partial charge in [0.15, 0.2) is 0 Å². The van der Waals surface area contributed by atoms with Crippen LogP contribution < -0.4 is 9.62 Å². The van der Waals surface area contributed by atoms with Gasteiger partial charge in [-0.15, -0.1) is 0 Å². The molecule has 2 aliphatic heterocycles. The first-order valence-corrected chi connectivity index (χ1v) is 14.0. The van der Waals surface area contributed by atoms with Gasteiger partial charge >= 0.3 is 0 Å². The summed E-state index contributed by atoms with van der Waals surface area (Å²) in [6.07, 6.45) is 6.05. The number of methoxy groups -OCH3 is 1. The molecule has 7 heteroatoms. The van der Waals surface area contributed by atoms with E-state index in [1.807, 2.05) is 19.2 Å². The maximum atomic E-state index is 11.7. The Morgan fingerprint density at radius 1 is 1.03 bits per heavy atom. The van der Waals surface area contributed by atoms with Crippen LogP contribution in [0.1, 0.15) is 36.8 Å². The molecule has 3 aliphatic rings. The number of nitrogens with zero attached hydrogens (tertiary/aromatic N) is 2. The van der Waals surface area contributed by atoms with Gasteiger partial charge in [-0.2, -0.15) is 0 Å². The van der Waals surface area contributed by atoms with E-state index in [0.717, 1.165) is 38.0 Å². The zero-order valence-corrected chi connectivity index (χ0v) is 20.5. The Labute approximate surface area is 198 Å². The summed E-state index contributed by atoms with van der Waals surface area (Å²) in [7, 11) is -1.50. The molecule has 2 unspecified atom stereocenters. The molecule has 0 radical (unpaired) electrons. The first-order valence-electron chi connectivity index (χ1n) is 12.1. The summed E-state index contributed by atoms with van der Waals surface area (Å²) in [5.41, 5.74) is 4.04. The molecule has 2 saturated heterocycles. The fraction of sp³-hybridized carbons (Fsp3) is 0.538. The van der Waals surface area contributed by atoms with Crippen molar-refractivity contribution in [1.82, 2.24) is 4.90 Å². The summed E-state index contributed by atoms with van der Waals surface area (Å²) >= 11 is 0. The van der Waals surface area contributed by atoms with E-state index in [9.17, 15) is 8.42 Å². The van der Waals surface area contributed by atoms with Gasteiger partial charge in [0.2, 0.25) is 10.0 Å². The Bertz CT molecular complexity index is 1070. The normalized spacial score (nSPS) is 27.8. The van der Waals surface area contributed by atoms with Gasteiger partial charge in [-0.25, -0.2) is 8.42 Å². The van der Waals surface area contributed by atoms with E-state index in [2.05, 4.69) is 44.9 Å². The lowest BCUT2D eigenvalue weighted by atomic mass is 9.74. The summed E-state index contributed by atoms with van der Waals surface area (Å²) in [5, 5.41) is 0. The first-order chi connectivity index (χ1) is 15.9. The minimum Gasteiger partial charge on any atom is -0.373 e. The Morgan fingerprint density at radius 3 is 2.30 bits per heavy atom. The minimum absolute atomic E-state index is 0.356. The zero-order valence-electron chi connectivity index (χ0n) is 19.7. The van der Waals surface area contributed by atoms with E-state index in [0.29, 0.717) is 17.5 Å². The molecule has 0 amide bonds. The Kier molecular flexibility index (Phi) is 6.14. The number of benzene rings is 2. The van der Waals surface area contributed by atoms with E-state index in [-0.39, 0.29) is 5.60 Å². The largest absolute Gasteiger partial charge is 0.373 e. The number of fused-ring (bicyclic) bond motifs is 2. The quantitative estimate of drug-likeness (QED) is 0.663. The maximum Gasteiger partial charge on any atom is 0.229 e. The molecule has 33 heavy (non-hydrogen) atoms. The van der Waals surface area contributed by atoms with Gasteiger partial charge in [0.05, 0.1) is 6.26 Å². The van der Waals surface area contributed by atoms with Crippen LogP contribution in [0.2, 0.25) is 0 Å². The Balaban J connectivity index is 1.31. The molecule has 2 aromatic carbocycles. The van der Waals surface area contributed by atoms with Crippen LogP contribution in [0.4, 0.5) is 11.4 Å². The minimum atomic E-state index is -3.32. The van der Waals surface area contributed by atoms with Gasteiger partial charge < -0.3 is 9.64 Å². The second kappa shape index (κ2) is 8.93. The van der Waals surface area contributed by atoms with E-state index in [1.54, 1.807) is 6.07 Å². The van der Waals surface area contributed by atoms with Gasteiger partial charge in [-0.05, 0) is 61.1 Å². The lowest BCUT2D eigenvalue weighted by Gasteiger charge is -2.47. The van der Waals surface area contributed by atoms with Gasteiger partial charge in [-0.1, -0.05) is 24.3 Å². The highest BCUT2D eigenvalue weighted by atomic mass is 32.2. The molecule has 0 aromatic heterocycles. The highest BCUT2D eigenvalue weighted by Crippen LogP contribution is 2.54. The second-order valence-corrected chi connectivity index (χ2v) is 11.7. The molecule has 2 heterocycles. The SMILES string of the molecule is COC1(c2cccc(NS(C)(=O)=O)c2)C2CCC1CN(Cc1ccc(N3CCCC3)cc1)C2. The molecule has 1 saturated carbocycles. The molecule has 2 bridgehead atoms. The van der Waals surface area contributed by atoms with Crippen LogP contribution in [0.5, 0.6) is 0 Å². The molecule has 3 fully saturated rings. The van der Waals surface area contributed by atoms with E-state index in [4.69, 9.17) is 4.74 Å². The molecular weight excluding hydrogens is 434 g/mol. The topological polar surface area (TPSA) is 61.9 Å². The molecular formula is C26H35N3O3S. The summed E-state index contributed by atoms with van der Waals surface area (Å²) in [5.74, 6) is 0.775. The van der Waals surface area contributed by atoms with Crippen LogP contribution in [0.15, 0.2) is 48.5 Å². The lowest BCUT2D eigenvalue weighted by molar-refractivity contribution is -0.120. The van der Waals surface area contributed by atoms with Crippen LogP contribution in [0.3, 0.4) is 0 Å². The van der Waals surface area contributed by atoms with Crippen molar-refractivity contribution in [2.24, 2.45) is 11.8 Å². The standard InChI is InChI=1S/C26H35N3O3S/c1-32-26(21-6-5-7-24(16-21)27-33(2,30)31)22-10-11-23(26)19-28(18-22)17-20-8-12-25(13-9-20)29-14-3-4-15-29/h5-9,12-13,16,22-23,27H,3-4,10-11,14-15,17-19H2,1-2H3. The first kappa shape index (κ1) is 22.7. The predicted octanol–water partition coefficient (Wildman–Crippen LogP) is 4.04. The molecule has 1 N–H and O–H groups in total. The van der Waals surface area contributed by atoms with Crippen molar-refractivity contribution in [2.45, 2.75) is 37.8 Å². The van der Waals surface area contributed by atoms with Crippen molar-refractivity contribution in [1.29, 1.82) is 0 Å². The van der Waals surface area contributed by atoms with Crippen molar-refractivity contribution in [2.75, 3.05) is 49.2 Å². The van der Waals surface area contributed by atoms with Crippen LogP contribution in [-0.2, 0) is 26.9 Å². The van der Waals surface area contributed by atoms with Crippen molar-refractivity contribution in [3.8, 4) is 0 Å². The van der Waals surface area contributed by atoms with Crippen molar-refractivity contribution in [3.05, 3.63) is 59.7 Å². The third kappa shape index (κ3) is 4.51. The molecule has 178 valence electrons. The molecule has 2 atom stereocenters. The van der Waals surface area contributed by atoms with Crippen LogP contribution in [0, 0.1) is 11.8 Å². The molecule has 5 rings (SSSR count). The third-order valence-corrected chi connectivity index (χ3v) is 8.41. The highest BCUT2D eigenvalue weighted by molar-refractivity contribution is 7.92. The van der Waals surface area contributed by atoms with Crippen LogP contribution >= 0.6 is 0 Å². The van der Waals surface area contributed by atoms with E-state index < -0.39 is 10.0 Å². The number of hydrogen-bond donors (Lipinski definition) is 1. The summed E-state index contributed by atoms with van der Waals surface area (Å²) in [6, 6.07) is 16.9. The number of likely N-dealkylation sites (tertiary alicyclic amines) is 1. The molecule has 2 aromatic rings. The maximum absolute atomic E-state index is 11.7. The molecule has 0 spiro atoms. The van der Waals surface area contributed by atoms with Crippen LogP contribution in [-0.4, -0.2) is 52.9 Å². The third-order valence-electron chi connectivity index (χ3n) is 7.80. The number of hydrogen-bond acceptors (Lipinski definition) is 5. The van der Waals surface area contributed by atoms with E-state index >= 15 is 0 Å². The number of ether oxygens (including phenoxy) is 1. The fourth-order valence-electron chi connectivity index (χ4n) is 6.45. The van der Waals surface area contributed by atoms with Crippen molar-refractivity contribution >= 4 is 21.4 Å². The molecule has 1 aliphatic carbocycles. The van der Waals surface area contributed by atoms with Crippen LogP contribution in [0.25, 0.3) is 0 Å². The number of sulfonamides is 1. The van der Waals surface area contributed by atoms with Gasteiger partial charge in [0.1, 0.15) is 5.60 Å². The number of rotatable bonds is 7. The average Bonchev–Trinajstić information content (AvgIpc) is 3.38. The average molecular weight is 470 g/mol. The zero-order chi connectivity index (χ0) is 23.1. The van der Waals surface area contributed by atoms with Crippen molar-refractivity contribution in [3.63, 3.8) is 0 Å². The van der Waals surface area contributed by atoms with Gasteiger partial charge in [0.25, 0.3) is 0 Å². The summed E-state index contributed by atoms with van der Waals surface area (Å²) in [4.78, 5) is 5.05. The van der Waals surface area contributed by atoms with Gasteiger partial charge in [0, 0.05) is 63.0 Å². The number of piperidine rings is 1. The second-order valence-electron chi connectivity index (χ2n) is 9.98. The highest BCUT2D eigenvalue weighted by Gasteiger charge is 2.55. The summed E-state index contributed by atoms with van der Waals surface area (Å²) < 4.78 is 32.4. The number of anilines is 2. The fourth-order valence-corrected chi connectivity index (χ4v) is 7.01. The van der Waals surface area contributed by atoms with E-state index in [1.165, 1.54) is 43.4 Å². The Hall–Kier alpha value is -2.09.